The Labute approximate surface area is 164 Å². The average Bonchev–Trinajstić information content (AvgIpc) is 2.78. The van der Waals surface area contributed by atoms with E-state index in [2.05, 4.69) is 111 Å². The first-order valence-electron chi connectivity index (χ1n) is 9.92. The summed E-state index contributed by atoms with van der Waals surface area (Å²) in [7, 11) is 2.17. The number of quaternary nitrogens is 1. The predicted molar refractivity (Wildman–Crippen MR) is 116 cm³/mol. The fourth-order valence-corrected chi connectivity index (χ4v) is 4.01. The Morgan fingerprint density at radius 2 is 2.04 bits per heavy atom. The zero-order valence-corrected chi connectivity index (χ0v) is 17.3. The molecule has 1 aliphatic heterocycles. The van der Waals surface area contributed by atoms with Gasteiger partial charge in [-0.25, -0.2) is 0 Å². The van der Waals surface area contributed by atoms with Gasteiger partial charge in [0.25, 0.3) is 0 Å². The first-order chi connectivity index (χ1) is 12.9. The third-order valence-corrected chi connectivity index (χ3v) is 5.47. The number of para-hydroxylation sites is 1. The van der Waals surface area contributed by atoms with Gasteiger partial charge in [0.05, 0.1) is 12.0 Å². The molecule has 0 saturated heterocycles. The monoisotopic (exact) mass is 360 g/mol. The minimum absolute atomic E-state index is 0.0225. The van der Waals surface area contributed by atoms with E-state index in [-0.39, 0.29) is 5.41 Å². The van der Waals surface area contributed by atoms with Crippen molar-refractivity contribution >= 4 is 11.4 Å². The number of likely N-dealkylation sites (N-methyl/N-ethyl adjacent to an activating group) is 1. The fourth-order valence-electron chi connectivity index (χ4n) is 4.01. The lowest BCUT2D eigenvalue weighted by Crippen LogP contribution is -2.81. The van der Waals surface area contributed by atoms with Crippen molar-refractivity contribution in [3.05, 3.63) is 89.2 Å². The van der Waals surface area contributed by atoms with E-state index in [1.807, 2.05) is 0 Å². The maximum Gasteiger partial charge on any atom is 0.209 e. The SMILES string of the molecule is CC[NH2+]C1=CC=CCC=C1/C=C(C)/C=C/C1=[N+](C)c2ccccc2C1(C)C. The summed E-state index contributed by atoms with van der Waals surface area (Å²) >= 11 is 0. The number of benzene rings is 1. The zero-order valence-electron chi connectivity index (χ0n) is 17.3. The Kier molecular flexibility index (Phi) is 5.76. The van der Waals surface area contributed by atoms with E-state index in [4.69, 9.17) is 0 Å². The van der Waals surface area contributed by atoms with Crippen LogP contribution in [0.1, 0.15) is 39.7 Å². The van der Waals surface area contributed by atoms with E-state index in [9.17, 15) is 0 Å². The predicted octanol–water partition coefficient (Wildman–Crippen LogP) is 4.55. The van der Waals surface area contributed by atoms with E-state index in [0.29, 0.717) is 0 Å². The van der Waals surface area contributed by atoms with Crippen LogP contribution in [0.2, 0.25) is 0 Å². The molecule has 2 aliphatic rings. The molecule has 1 aliphatic carbocycles. The molecule has 0 atom stereocenters. The minimum atomic E-state index is 0.0225. The summed E-state index contributed by atoms with van der Waals surface area (Å²) in [5, 5.41) is 2.30. The van der Waals surface area contributed by atoms with Gasteiger partial charge in [-0.3, -0.25) is 0 Å². The van der Waals surface area contributed by atoms with Gasteiger partial charge in [-0.05, 0) is 46.3 Å². The third kappa shape index (κ3) is 3.96. The van der Waals surface area contributed by atoms with Crippen molar-refractivity contribution < 1.29 is 9.89 Å². The van der Waals surface area contributed by atoms with Gasteiger partial charge in [-0.15, -0.1) is 0 Å². The summed E-state index contributed by atoms with van der Waals surface area (Å²) < 4.78 is 2.32. The van der Waals surface area contributed by atoms with Gasteiger partial charge in [0, 0.05) is 23.3 Å². The van der Waals surface area contributed by atoms with Gasteiger partial charge in [-0.1, -0.05) is 48.1 Å². The van der Waals surface area contributed by atoms with Crippen LogP contribution in [-0.4, -0.2) is 23.9 Å². The number of hydrogen-bond acceptors (Lipinski definition) is 0. The van der Waals surface area contributed by atoms with Gasteiger partial charge in [0.15, 0.2) is 5.71 Å². The maximum atomic E-state index is 2.32. The molecule has 3 rings (SSSR count). The van der Waals surface area contributed by atoms with E-state index in [0.717, 1.165) is 13.0 Å². The lowest BCUT2D eigenvalue weighted by atomic mass is 9.81. The van der Waals surface area contributed by atoms with Gasteiger partial charge in [0.2, 0.25) is 5.69 Å². The van der Waals surface area contributed by atoms with Crippen molar-refractivity contribution in [1.82, 2.24) is 0 Å². The number of fused-ring (bicyclic) bond motifs is 1. The molecule has 0 spiro atoms. The Balaban J connectivity index is 1.87. The first-order valence-corrected chi connectivity index (χ1v) is 9.92. The molecule has 27 heavy (non-hydrogen) atoms. The van der Waals surface area contributed by atoms with Crippen LogP contribution in [0.4, 0.5) is 5.69 Å². The molecule has 1 heterocycles. The number of hydrogen-bond donors (Lipinski definition) is 1. The normalized spacial score (nSPS) is 19.2. The highest BCUT2D eigenvalue weighted by Gasteiger charge is 2.42. The molecule has 140 valence electrons. The Bertz CT molecular complexity index is 902. The van der Waals surface area contributed by atoms with Crippen molar-refractivity contribution in [1.29, 1.82) is 0 Å². The molecule has 2 N–H and O–H groups in total. The van der Waals surface area contributed by atoms with Crippen molar-refractivity contribution in [3.63, 3.8) is 0 Å². The lowest BCUT2D eigenvalue weighted by Gasteiger charge is -2.15. The van der Waals surface area contributed by atoms with E-state index in [1.54, 1.807) is 0 Å². The molecule has 0 saturated carbocycles. The molecule has 0 fully saturated rings. The molecular weight excluding hydrogens is 328 g/mol. The summed E-state index contributed by atoms with van der Waals surface area (Å²) in [4.78, 5) is 0. The second-order valence-corrected chi connectivity index (χ2v) is 7.87. The highest BCUT2D eigenvalue weighted by Crippen LogP contribution is 2.39. The van der Waals surface area contributed by atoms with Crippen LogP contribution in [0.3, 0.4) is 0 Å². The second-order valence-electron chi connectivity index (χ2n) is 7.87. The molecule has 2 nitrogen and oxygen atoms in total. The number of rotatable bonds is 5. The highest BCUT2D eigenvalue weighted by atomic mass is 15.0. The van der Waals surface area contributed by atoms with Crippen LogP contribution in [-0.2, 0) is 5.41 Å². The fraction of sp³-hybridized carbons (Fsp3) is 0.320. The molecule has 0 amide bonds. The minimum Gasteiger partial charge on any atom is -0.314 e. The highest BCUT2D eigenvalue weighted by molar-refractivity contribution is 6.03. The molecule has 1 aromatic carbocycles. The average molecular weight is 361 g/mol. The van der Waals surface area contributed by atoms with E-state index >= 15 is 0 Å². The molecular formula is C25H32N2+2. The summed E-state index contributed by atoms with van der Waals surface area (Å²) in [6.45, 7) is 10.1. The molecule has 0 unspecified atom stereocenters. The van der Waals surface area contributed by atoms with Crippen LogP contribution >= 0.6 is 0 Å². The summed E-state index contributed by atoms with van der Waals surface area (Å²) in [5.74, 6) is 0. The number of nitrogens with zero attached hydrogens (tertiary/aromatic N) is 1. The second kappa shape index (κ2) is 8.06. The number of allylic oxidation sites excluding steroid dienone is 8. The molecule has 0 aromatic heterocycles. The van der Waals surface area contributed by atoms with Crippen LogP contribution in [0.15, 0.2) is 83.6 Å². The third-order valence-electron chi connectivity index (χ3n) is 5.47. The molecule has 2 heteroatoms. The zero-order chi connectivity index (χ0) is 19.4. The Hall–Kier alpha value is -2.45. The Morgan fingerprint density at radius 1 is 1.26 bits per heavy atom. The van der Waals surface area contributed by atoms with Gasteiger partial charge in [-0.2, -0.15) is 4.58 Å². The van der Waals surface area contributed by atoms with Gasteiger partial charge in [0.1, 0.15) is 12.7 Å². The van der Waals surface area contributed by atoms with E-state index in [1.165, 1.54) is 33.8 Å². The topological polar surface area (TPSA) is 19.6 Å². The molecule has 0 radical (unpaired) electrons. The largest absolute Gasteiger partial charge is 0.314 e. The van der Waals surface area contributed by atoms with Crippen LogP contribution in [0.5, 0.6) is 0 Å². The smallest absolute Gasteiger partial charge is 0.209 e. The van der Waals surface area contributed by atoms with Crippen LogP contribution < -0.4 is 5.32 Å². The van der Waals surface area contributed by atoms with Gasteiger partial charge < -0.3 is 5.32 Å². The lowest BCUT2D eigenvalue weighted by molar-refractivity contribution is -0.599. The van der Waals surface area contributed by atoms with Crippen LogP contribution in [0.25, 0.3) is 0 Å². The first kappa shape index (κ1) is 19.3. The molecule has 0 bridgehead atoms. The van der Waals surface area contributed by atoms with Crippen LogP contribution in [0, 0.1) is 0 Å². The number of nitrogens with two attached hydrogens (primary N) is 1. The van der Waals surface area contributed by atoms with Crippen molar-refractivity contribution in [2.75, 3.05) is 13.6 Å². The quantitative estimate of drug-likeness (QED) is 0.587. The van der Waals surface area contributed by atoms with Gasteiger partial charge >= 0.3 is 0 Å². The summed E-state index contributed by atoms with van der Waals surface area (Å²) in [6, 6.07) is 8.71. The Morgan fingerprint density at radius 3 is 2.78 bits per heavy atom. The summed E-state index contributed by atoms with van der Waals surface area (Å²) in [5.41, 5.74) is 7.97. The standard InChI is InChI=1S/C25H31N2/c1-6-26-22-14-9-7-8-12-20(22)18-19(2)16-17-24-25(3,4)21-13-10-11-15-23(21)27(24)5/h7,9-18,26H,6,8H2,1-5H3/q+1/p+1/b17-16+,19-18+. The van der Waals surface area contributed by atoms with E-state index < -0.39 is 0 Å². The molecule has 1 aromatic rings. The van der Waals surface area contributed by atoms with Crippen molar-refractivity contribution in [2.45, 2.75) is 39.5 Å². The van der Waals surface area contributed by atoms with Crippen molar-refractivity contribution in [2.24, 2.45) is 0 Å². The summed E-state index contributed by atoms with van der Waals surface area (Å²) in [6.07, 6.45) is 16.7. The van der Waals surface area contributed by atoms with Crippen molar-refractivity contribution in [3.8, 4) is 0 Å². The maximum absolute atomic E-state index is 2.32.